The molecule has 1 saturated heterocycles. The van der Waals surface area contributed by atoms with Gasteiger partial charge in [0.25, 0.3) is 11.8 Å². The van der Waals surface area contributed by atoms with Crippen LogP contribution in [0.15, 0.2) is 48.5 Å². The van der Waals surface area contributed by atoms with Gasteiger partial charge in [-0.25, -0.2) is 5.48 Å². The summed E-state index contributed by atoms with van der Waals surface area (Å²) in [4.78, 5) is 40.4. The molecule has 2 aromatic carbocycles. The third-order valence-corrected chi connectivity index (χ3v) is 5.60. The molecule has 36 heavy (non-hydrogen) atoms. The van der Waals surface area contributed by atoms with Crippen molar-refractivity contribution < 1.29 is 19.6 Å². The number of hydrogen-bond acceptors (Lipinski definition) is 7. The number of hydrogen-bond donors (Lipinski definition) is 5. The van der Waals surface area contributed by atoms with Gasteiger partial charge in [-0.2, -0.15) is 0 Å². The summed E-state index contributed by atoms with van der Waals surface area (Å²) in [5.41, 5.74) is 9.44. The lowest BCUT2D eigenvalue weighted by molar-refractivity contribution is -0.130. The zero-order chi connectivity index (χ0) is 25.2. The summed E-state index contributed by atoms with van der Waals surface area (Å²) in [5.74, 6) is 4.76. The van der Waals surface area contributed by atoms with E-state index in [1.54, 1.807) is 24.3 Å². The highest BCUT2D eigenvalue weighted by Crippen LogP contribution is 2.10. The molecule has 0 saturated carbocycles. The first-order chi connectivity index (χ1) is 16.9. The van der Waals surface area contributed by atoms with Crippen molar-refractivity contribution in [2.24, 2.45) is 5.73 Å². The molecule has 10 nitrogen and oxygen atoms in total. The van der Waals surface area contributed by atoms with Crippen LogP contribution in [0.2, 0.25) is 0 Å². The minimum atomic E-state index is -1.04. The number of carbonyl (C=O) groups is 3. The van der Waals surface area contributed by atoms with Gasteiger partial charge in [-0.3, -0.25) is 24.5 Å². The second kappa shape index (κ2) is 14.0. The molecule has 0 aromatic heterocycles. The summed E-state index contributed by atoms with van der Waals surface area (Å²) in [6.07, 6.45) is 0. The van der Waals surface area contributed by atoms with Gasteiger partial charge in [-0.1, -0.05) is 19.3 Å². The lowest BCUT2D eigenvalue weighted by Gasteiger charge is -2.31. The molecular weight excluding hydrogens is 460 g/mol. The number of nitrogens with zero attached hydrogens (tertiary/aromatic N) is 2. The van der Waals surface area contributed by atoms with E-state index in [1.807, 2.05) is 24.3 Å². The monoisotopic (exact) mass is 494 g/mol. The van der Waals surface area contributed by atoms with Gasteiger partial charge in [0.05, 0.1) is 6.54 Å². The summed E-state index contributed by atoms with van der Waals surface area (Å²) < 4.78 is 0. The van der Waals surface area contributed by atoms with E-state index in [0.717, 1.165) is 37.4 Å². The number of anilines is 1. The Morgan fingerprint density at radius 1 is 0.972 bits per heavy atom. The number of carbonyl (C=O) groups excluding carboxylic acids is 3. The molecule has 0 spiro atoms. The number of hydroxylamine groups is 1. The predicted molar refractivity (Wildman–Crippen MR) is 138 cm³/mol. The lowest BCUT2D eigenvalue weighted by atomic mass is 10.1. The van der Waals surface area contributed by atoms with Gasteiger partial charge in [0.15, 0.2) is 0 Å². The van der Waals surface area contributed by atoms with Crippen LogP contribution < -0.4 is 21.8 Å². The zero-order valence-electron chi connectivity index (χ0n) is 19.6. The highest BCUT2D eigenvalue weighted by atomic mass is 16.5. The quantitative estimate of drug-likeness (QED) is 0.214. The fourth-order valence-electron chi connectivity index (χ4n) is 3.45. The lowest BCUT2D eigenvalue weighted by Crippen LogP contribution is -2.50. The van der Waals surface area contributed by atoms with Gasteiger partial charge >= 0.3 is 0 Å². The van der Waals surface area contributed by atoms with Crippen molar-refractivity contribution in [2.75, 3.05) is 51.6 Å². The summed E-state index contributed by atoms with van der Waals surface area (Å²) in [6.45, 7) is 3.94. The van der Waals surface area contributed by atoms with Crippen LogP contribution in [0, 0.1) is 11.8 Å². The summed E-state index contributed by atoms with van der Waals surface area (Å²) >= 11 is 0. The predicted octanol–water partition coefficient (Wildman–Crippen LogP) is 0.471. The maximum atomic E-state index is 12.3. The Morgan fingerprint density at radius 3 is 2.06 bits per heavy atom. The summed E-state index contributed by atoms with van der Waals surface area (Å²) in [5, 5.41) is 14.1. The molecule has 6 N–H and O–H groups in total. The van der Waals surface area contributed by atoms with E-state index in [-0.39, 0.29) is 19.9 Å². The molecular formula is C26H34N6O4. The average Bonchev–Trinajstić information content (AvgIpc) is 2.88. The van der Waals surface area contributed by atoms with Crippen LogP contribution in [-0.4, -0.2) is 85.1 Å². The molecule has 0 unspecified atom stereocenters. The van der Waals surface area contributed by atoms with E-state index in [0.29, 0.717) is 17.7 Å². The Morgan fingerprint density at radius 2 is 1.53 bits per heavy atom. The molecule has 2 aromatic rings. The fraction of sp³-hybridized carbons (Fsp3) is 0.346. The van der Waals surface area contributed by atoms with Crippen LogP contribution in [-0.2, 0) is 9.59 Å². The average molecular weight is 495 g/mol. The number of nitrogens with two attached hydrogens (primary N) is 1. The van der Waals surface area contributed by atoms with Crippen molar-refractivity contribution in [3.63, 3.8) is 0 Å². The number of rotatable bonds is 7. The van der Waals surface area contributed by atoms with Crippen LogP contribution in [0.3, 0.4) is 0 Å². The van der Waals surface area contributed by atoms with E-state index in [2.05, 4.69) is 39.3 Å². The summed E-state index contributed by atoms with van der Waals surface area (Å²) in [6, 6.07) is 12.8. The fourth-order valence-corrected chi connectivity index (χ4v) is 3.45. The maximum Gasteiger partial charge on any atom is 0.267 e. The van der Waals surface area contributed by atoms with E-state index in [9.17, 15) is 14.4 Å². The smallest absolute Gasteiger partial charge is 0.267 e. The summed E-state index contributed by atoms with van der Waals surface area (Å²) in [7, 11) is 2.08. The Hall–Kier alpha value is -3.75. The Balaban J connectivity index is 0.00000456. The molecule has 0 radical (unpaired) electrons. The number of benzene rings is 2. The highest BCUT2D eigenvalue weighted by molar-refractivity contribution is 5.97. The number of piperazine rings is 1. The van der Waals surface area contributed by atoms with E-state index >= 15 is 0 Å². The molecule has 1 fully saturated rings. The van der Waals surface area contributed by atoms with Crippen LogP contribution in [0.1, 0.15) is 28.9 Å². The van der Waals surface area contributed by atoms with E-state index in [4.69, 9.17) is 10.9 Å². The normalized spacial score (nSPS) is 14.4. The van der Waals surface area contributed by atoms with Crippen LogP contribution in [0.5, 0.6) is 0 Å². The standard InChI is InChI=1S/C25H30N6O4.CH4/c1-30-12-14-31(15-13-30)17-23(32)27-21-10-6-19(7-11-21)3-2-18-4-8-20(9-5-18)24(33)28-22(16-26)25(34)29-35;/h4-11,22,35H,12-17,26H2,1H3,(H,27,32)(H,28,33)(H,29,34);1H4/t22-;/m0./s1. The van der Waals surface area contributed by atoms with Gasteiger partial charge in [0.1, 0.15) is 6.04 Å². The van der Waals surface area contributed by atoms with E-state index in [1.165, 1.54) is 5.48 Å². The van der Waals surface area contributed by atoms with E-state index < -0.39 is 17.9 Å². The van der Waals surface area contributed by atoms with Crippen LogP contribution in [0.4, 0.5) is 5.69 Å². The topological polar surface area (TPSA) is 140 Å². The largest absolute Gasteiger partial charge is 0.339 e. The van der Waals surface area contributed by atoms with Gasteiger partial charge in [-0.15, -0.1) is 0 Å². The molecule has 3 amide bonds. The second-order valence-electron chi connectivity index (χ2n) is 8.27. The zero-order valence-corrected chi connectivity index (χ0v) is 19.6. The minimum Gasteiger partial charge on any atom is -0.339 e. The molecule has 0 aliphatic carbocycles. The van der Waals surface area contributed by atoms with Crippen molar-refractivity contribution in [2.45, 2.75) is 13.5 Å². The van der Waals surface area contributed by atoms with Gasteiger partial charge in [0, 0.05) is 55.1 Å². The van der Waals surface area contributed by atoms with Crippen molar-refractivity contribution >= 4 is 23.4 Å². The van der Waals surface area contributed by atoms with Crippen molar-refractivity contribution in [3.05, 3.63) is 65.2 Å². The number of amides is 3. The third-order valence-electron chi connectivity index (χ3n) is 5.60. The molecule has 1 aliphatic rings. The molecule has 1 atom stereocenters. The molecule has 10 heteroatoms. The van der Waals surface area contributed by atoms with Crippen LogP contribution in [0.25, 0.3) is 0 Å². The number of nitrogens with one attached hydrogen (secondary N) is 3. The minimum absolute atomic E-state index is 0. The second-order valence-corrected chi connectivity index (χ2v) is 8.27. The Bertz CT molecular complexity index is 1080. The third kappa shape index (κ3) is 8.48. The molecule has 0 bridgehead atoms. The Kier molecular flexibility index (Phi) is 11.1. The molecule has 3 rings (SSSR count). The van der Waals surface area contributed by atoms with Crippen LogP contribution >= 0.6 is 0 Å². The molecule has 192 valence electrons. The van der Waals surface area contributed by atoms with Crippen molar-refractivity contribution in [1.29, 1.82) is 0 Å². The first-order valence-electron chi connectivity index (χ1n) is 11.3. The van der Waals surface area contributed by atoms with Crippen molar-refractivity contribution in [1.82, 2.24) is 20.6 Å². The molecule has 1 aliphatic heterocycles. The Labute approximate surface area is 211 Å². The first kappa shape index (κ1) is 28.5. The first-order valence-corrected chi connectivity index (χ1v) is 11.3. The van der Waals surface area contributed by atoms with Gasteiger partial charge < -0.3 is 21.3 Å². The van der Waals surface area contributed by atoms with Gasteiger partial charge in [0.2, 0.25) is 5.91 Å². The maximum absolute atomic E-state index is 12.3. The highest BCUT2D eigenvalue weighted by Gasteiger charge is 2.19. The molecule has 1 heterocycles. The number of likely N-dealkylation sites (N-methyl/N-ethyl adjacent to an activating group) is 1. The van der Waals surface area contributed by atoms with Crippen molar-refractivity contribution in [3.8, 4) is 11.8 Å². The SMILES string of the molecule is C.CN1CCN(CC(=O)Nc2ccc(C#Cc3ccc(C(=O)N[C@@H](CN)C(=O)NO)cc3)cc2)CC1. The van der Waals surface area contributed by atoms with Gasteiger partial charge in [-0.05, 0) is 55.6 Å².